The van der Waals surface area contributed by atoms with E-state index < -0.39 is 5.66 Å². The lowest BCUT2D eigenvalue weighted by atomic mass is 9.90. The van der Waals surface area contributed by atoms with Crippen LogP contribution in [0.5, 0.6) is 5.75 Å². The minimum Gasteiger partial charge on any atom is -0.495 e. The van der Waals surface area contributed by atoms with Crippen LogP contribution in [0.15, 0.2) is 42.5 Å². The van der Waals surface area contributed by atoms with Gasteiger partial charge in [-0.2, -0.15) is 0 Å². The van der Waals surface area contributed by atoms with Crippen molar-refractivity contribution in [3.63, 3.8) is 0 Å². The van der Waals surface area contributed by atoms with E-state index in [9.17, 15) is 9.59 Å². The van der Waals surface area contributed by atoms with Gasteiger partial charge in [-0.15, -0.1) is 0 Å². The topological polar surface area (TPSA) is 73.9 Å². The van der Waals surface area contributed by atoms with Crippen LogP contribution in [-0.2, 0) is 0 Å². The molecule has 2 aliphatic rings. The van der Waals surface area contributed by atoms with Gasteiger partial charge in [0, 0.05) is 37.5 Å². The van der Waals surface area contributed by atoms with Crippen molar-refractivity contribution in [1.29, 1.82) is 0 Å². The highest BCUT2D eigenvalue weighted by Crippen LogP contribution is 2.37. The fourth-order valence-electron chi connectivity index (χ4n) is 4.40. The first-order valence-electron chi connectivity index (χ1n) is 10.1. The third kappa shape index (κ3) is 3.54. The molecule has 3 amide bonds. The molecule has 2 aromatic carbocycles. The summed E-state index contributed by atoms with van der Waals surface area (Å²) in [7, 11) is 1.55. The highest BCUT2D eigenvalue weighted by Gasteiger charge is 2.45. The second kappa shape index (κ2) is 8.07. The number of anilines is 2. The van der Waals surface area contributed by atoms with Crippen molar-refractivity contribution in [2.45, 2.75) is 25.4 Å². The number of nitrogens with one attached hydrogen (secondary N) is 2. The third-order valence-corrected chi connectivity index (χ3v) is 6.13. The lowest BCUT2D eigenvalue weighted by Gasteiger charge is -2.52. The molecule has 1 saturated heterocycles. The molecular weight excluding hydrogens is 404 g/mol. The molecule has 2 N–H and O–H groups in total. The van der Waals surface area contributed by atoms with Crippen LogP contribution in [0.1, 0.15) is 30.1 Å². The first kappa shape index (κ1) is 20.3. The van der Waals surface area contributed by atoms with E-state index >= 15 is 0 Å². The number of hydrogen-bond acceptors (Lipinski definition) is 4. The summed E-state index contributed by atoms with van der Waals surface area (Å²) in [5.41, 5.74) is 1.69. The number of benzene rings is 2. The van der Waals surface area contributed by atoms with Gasteiger partial charge < -0.3 is 25.2 Å². The maximum Gasteiger partial charge on any atom is 0.321 e. The van der Waals surface area contributed by atoms with Crippen LogP contribution in [0, 0.1) is 0 Å². The van der Waals surface area contributed by atoms with Gasteiger partial charge in [-0.3, -0.25) is 4.79 Å². The zero-order chi connectivity index (χ0) is 21.3. The van der Waals surface area contributed by atoms with Crippen molar-refractivity contribution in [1.82, 2.24) is 10.2 Å². The Morgan fingerprint density at radius 2 is 1.97 bits per heavy atom. The van der Waals surface area contributed by atoms with Crippen molar-refractivity contribution in [2.75, 3.05) is 37.0 Å². The van der Waals surface area contributed by atoms with Crippen LogP contribution in [0.25, 0.3) is 0 Å². The van der Waals surface area contributed by atoms with Gasteiger partial charge in [0.1, 0.15) is 11.4 Å². The summed E-state index contributed by atoms with van der Waals surface area (Å²) < 4.78 is 5.31. The largest absolute Gasteiger partial charge is 0.495 e. The Labute approximate surface area is 180 Å². The van der Waals surface area contributed by atoms with E-state index in [1.807, 2.05) is 24.3 Å². The maximum atomic E-state index is 12.8. The Morgan fingerprint density at radius 1 is 1.23 bits per heavy atom. The number of carbonyl (C=O) groups excluding carboxylic acids is 2. The highest BCUT2D eigenvalue weighted by atomic mass is 35.5. The fraction of sp³-hybridized carbons (Fsp3) is 0.364. The van der Waals surface area contributed by atoms with E-state index in [0.717, 1.165) is 12.2 Å². The number of carbonyl (C=O) groups is 2. The van der Waals surface area contributed by atoms with Crippen molar-refractivity contribution in [2.24, 2.45) is 0 Å². The molecule has 4 rings (SSSR count). The number of likely N-dealkylation sites (tertiary alicyclic amines) is 1. The number of halogens is 1. The number of para-hydroxylation sites is 1. The number of ether oxygens (including phenoxy) is 1. The molecule has 0 bridgehead atoms. The zero-order valence-corrected chi connectivity index (χ0v) is 17.8. The number of urea groups is 1. The van der Waals surface area contributed by atoms with Crippen LogP contribution in [0.3, 0.4) is 0 Å². The number of hydrogen-bond donors (Lipinski definition) is 2. The minimum absolute atomic E-state index is 0.0585. The molecule has 0 saturated carbocycles. The average Bonchev–Trinajstić information content (AvgIpc) is 2.75. The van der Waals surface area contributed by atoms with Gasteiger partial charge in [0.25, 0.3) is 5.91 Å². The molecule has 1 fully saturated rings. The van der Waals surface area contributed by atoms with Crippen LogP contribution in [0.2, 0.25) is 5.02 Å². The quantitative estimate of drug-likeness (QED) is 0.776. The number of amides is 3. The van der Waals surface area contributed by atoms with E-state index in [2.05, 4.69) is 22.5 Å². The third-order valence-electron chi connectivity index (χ3n) is 5.90. The molecule has 2 aromatic rings. The molecule has 2 heterocycles. The van der Waals surface area contributed by atoms with Gasteiger partial charge in [-0.1, -0.05) is 23.7 Å². The van der Waals surface area contributed by atoms with Gasteiger partial charge in [-0.25, -0.2) is 4.79 Å². The summed E-state index contributed by atoms with van der Waals surface area (Å²) in [6.45, 7) is 3.89. The first-order valence-corrected chi connectivity index (χ1v) is 10.4. The summed E-state index contributed by atoms with van der Waals surface area (Å²) in [4.78, 5) is 29.6. The van der Waals surface area contributed by atoms with E-state index in [1.165, 1.54) is 0 Å². The van der Waals surface area contributed by atoms with Crippen molar-refractivity contribution in [3.8, 4) is 5.75 Å². The van der Waals surface area contributed by atoms with Gasteiger partial charge >= 0.3 is 6.03 Å². The van der Waals surface area contributed by atoms with E-state index in [1.54, 1.807) is 30.2 Å². The van der Waals surface area contributed by atoms with Crippen LogP contribution >= 0.6 is 11.6 Å². The number of fused-ring (bicyclic) bond motifs is 1. The summed E-state index contributed by atoms with van der Waals surface area (Å²) in [5, 5.41) is 6.62. The van der Waals surface area contributed by atoms with Crippen molar-refractivity contribution in [3.05, 3.63) is 53.1 Å². The van der Waals surface area contributed by atoms with Crippen LogP contribution in [-0.4, -0.2) is 49.2 Å². The molecule has 30 heavy (non-hydrogen) atoms. The number of nitrogens with zero attached hydrogens (tertiary/aromatic N) is 2. The van der Waals surface area contributed by atoms with Gasteiger partial charge in [0.05, 0.1) is 24.0 Å². The molecule has 0 radical (unpaired) electrons. The molecule has 0 atom stereocenters. The molecule has 0 aliphatic carbocycles. The molecule has 0 unspecified atom stereocenters. The second-order valence-electron chi connectivity index (χ2n) is 7.51. The van der Waals surface area contributed by atoms with Crippen LogP contribution in [0.4, 0.5) is 16.2 Å². The molecule has 2 aliphatic heterocycles. The first-order chi connectivity index (χ1) is 14.5. The summed E-state index contributed by atoms with van der Waals surface area (Å²) in [6, 6.07) is 12.6. The Kier molecular flexibility index (Phi) is 5.47. The summed E-state index contributed by atoms with van der Waals surface area (Å²) in [6.07, 6.45) is 1.28. The van der Waals surface area contributed by atoms with Crippen molar-refractivity contribution >= 4 is 34.9 Å². The predicted octanol–water partition coefficient (Wildman–Crippen LogP) is 3.94. The highest BCUT2D eigenvalue weighted by molar-refractivity contribution is 6.31. The monoisotopic (exact) mass is 428 g/mol. The van der Waals surface area contributed by atoms with Crippen molar-refractivity contribution < 1.29 is 14.3 Å². The Balaban J connectivity index is 1.49. The molecule has 0 aromatic heterocycles. The average molecular weight is 429 g/mol. The number of methoxy groups -OCH3 is 1. The predicted molar refractivity (Wildman–Crippen MR) is 117 cm³/mol. The molecular formula is C22H25ClN4O3. The fourth-order valence-corrected chi connectivity index (χ4v) is 4.57. The molecule has 7 nitrogen and oxygen atoms in total. The normalized spacial score (nSPS) is 17.4. The maximum absolute atomic E-state index is 12.8. The SMILES string of the molecule is CCN1c2ccccc2C(=O)NC12CCN(C(=O)Nc1cc(Cl)ccc1OC)CC2. The van der Waals surface area contributed by atoms with Crippen LogP contribution < -0.4 is 20.3 Å². The molecule has 158 valence electrons. The second-order valence-corrected chi connectivity index (χ2v) is 7.95. The Hall–Kier alpha value is -2.93. The summed E-state index contributed by atoms with van der Waals surface area (Å²) in [5.74, 6) is 0.492. The Bertz CT molecular complexity index is 973. The standard InChI is InChI=1S/C22H25ClN4O3/c1-3-27-18-7-5-4-6-16(18)20(28)25-22(27)10-12-26(13-11-22)21(29)24-17-14-15(23)8-9-19(17)30-2/h4-9,14H,3,10-13H2,1-2H3,(H,24,29)(H,25,28). The van der Waals surface area contributed by atoms with Gasteiger partial charge in [0.15, 0.2) is 0 Å². The van der Waals surface area contributed by atoms with E-state index in [0.29, 0.717) is 48.0 Å². The lowest BCUT2D eigenvalue weighted by molar-refractivity contribution is 0.0808. The minimum atomic E-state index is -0.481. The molecule has 8 heteroatoms. The zero-order valence-electron chi connectivity index (χ0n) is 17.1. The number of piperidine rings is 1. The summed E-state index contributed by atoms with van der Waals surface area (Å²) >= 11 is 6.06. The van der Waals surface area contributed by atoms with E-state index in [-0.39, 0.29) is 11.9 Å². The number of rotatable bonds is 3. The van der Waals surface area contributed by atoms with Gasteiger partial charge in [0.2, 0.25) is 0 Å². The Morgan fingerprint density at radius 3 is 2.67 bits per heavy atom. The lowest BCUT2D eigenvalue weighted by Crippen LogP contribution is -2.68. The molecule has 1 spiro atoms. The smallest absolute Gasteiger partial charge is 0.321 e. The van der Waals surface area contributed by atoms with E-state index in [4.69, 9.17) is 16.3 Å². The van der Waals surface area contributed by atoms with Gasteiger partial charge in [-0.05, 0) is 37.3 Å².